The summed E-state index contributed by atoms with van der Waals surface area (Å²) >= 11 is 0. The Morgan fingerprint density at radius 3 is 2.56 bits per heavy atom. The van der Waals surface area contributed by atoms with Gasteiger partial charge in [-0.05, 0) is 47.9 Å². The quantitative estimate of drug-likeness (QED) is 0.861. The van der Waals surface area contributed by atoms with Crippen LogP contribution in [0.2, 0.25) is 0 Å². The van der Waals surface area contributed by atoms with Crippen molar-refractivity contribution in [2.75, 3.05) is 0 Å². The van der Waals surface area contributed by atoms with Crippen LogP contribution >= 0.6 is 0 Å². The largest absolute Gasteiger partial charge is 0.459 e. The normalized spacial score (nSPS) is 18.2. The molecule has 0 spiro atoms. The lowest BCUT2D eigenvalue weighted by Crippen LogP contribution is -2.10. The Kier molecular flexibility index (Phi) is 2.53. The molecular formula is C16H21NO. The zero-order valence-electron chi connectivity index (χ0n) is 11.4. The molecule has 2 heteroatoms. The lowest BCUT2D eigenvalue weighted by Gasteiger charge is -2.18. The molecule has 0 aliphatic heterocycles. The van der Waals surface area contributed by atoms with Gasteiger partial charge in [0.25, 0.3) is 0 Å². The van der Waals surface area contributed by atoms with Crippen LogP contribution in [0.3, 0.4) is 0 Å². The van der Waals surface area contributed by atoms with Gasteiger partial charge >= 0.3 is 0 Å². The van der Waals surface area contributed by atoms with Crippen LogP contribution in [-0.2, 0) is 5.41 Å². The van der Waals surface area contributed by atoms with E-state index in [0.29, 0.717) is 5.92 Å². The van der Waals surface area contributed by atoms with Gasteiger partial charge in [0.15, 0.2) is 0 Å². The highest BCUT2D eigenvalue weighted by Gasteiger charge is 2.31. The Morgan fingerprint density at radius 2 is 1.94 bits per heavy atom. The summed E-state index contributed by atoms with van der Waals surface area (Å²) in [6.45, 7) is 6.68. The molecule has 1 aromatic carbocycles. The van der Waals surface area contributed by atoms with Crippen molar-refractivity contribution in [2.24, 2.45) is 11.7 Å². The van der Waals surface area contributed by atoms with E-state index in [0.717, 1.165) is 11.3 Å². The van der Waals surface area contributed by atoms with E-state index in [1.54, 1.807) is 0 Å². The van der Waals surface area contributed by atoms with Gasteiger partial charge in [0.1, 0.15) is 11.3 Å². The maximum absolute atomic E-state index is 6.19. The van der Waals surface area contributed by atoms with Gasteiger partial charge in [-0.25, -0.2) is 0 Å². The topological polar surface area (TPSA) is 39.2 Å². The highest BCUT2D eigenvalue weighted by Crippen LogP contribution is 2.41. The third-order valence-electron chi connectivity index (χ3n) is 3.86. The first-order chi connectivity index (χ1) is 8.45. The molecule has 96 valence electrons. The third kappa shape index (κ3) is 2.05. The minimum atomic E-state index is 0.0792. The summed E-state index contributed by atoms with van der Waals surface area (Å²) in [5.74, 6) is 1.58. The zero-order chi connectivity index (χ0) is 12.9. The van der Waals surface area contributed by atoms with Crippen LogP contribution in [0.4, 0.5) is 0 Å². The van der Waals surface area contributed by atoms with Crippen LogP contribution in [0.25, 0.3) is 11.0 Å². The Hall–Kier alpha value is -1.28. The van der Waals surface area contributed by atoms with E-state index in [-0.39, 0.29) is 11.5 Å². The molecule has 2 N–H and O–H groups in total. The van der Waals surface area contributed by atoms with Gasteiger partial charge in [-0.3, -0.25) is 0 Å². The fourth-order valence-corrected chi connectivity index (χ4v) is 2.38. The highest BCUT2D eigenvalue weighted by molar-refractivity contribution is 5.79. The molecule has 1 unspecified atom stereocenters. The fraction of sp³-hybridized carbons (Fsp3) is 0.500. The molecule has 0 radical (unpaired) electrons. The van der Waals surface area contributed by atoms with Crippen LogP contribution in [-0.4, -0.2) is 0 Å². The average molecular weight is 243 g/mol. The second-order valence-electron chi connectivity index (χ2n) is 6.51. The van der Waals surface area contributed by atoms with E-state index in [1.807, 2.05) is 0 Å². The molecule has 1 heterocycles. The summed E-state index contributed by atoms with van der Waals surface area (Å²) in [7, 11) is 0. The van der Waals surface area contributed by atoms with E-state index >= 15 is 0 Å². The first-order valence-corrected chi connectivity index (χ1v) is 6.75. The van der Waals surface area contributed by atoms with E-state index in [1.165, 1.54) is 23.8 Å². The molecule has 1 aliphatic rings. The van der Waals surface area contributed by atoms with Crippen molar-refractivity contribution in [1.82, 2.24) is 0 Å². The van der Waals surface area contributed by atoms with Crippen molar-refractivity contribution in [1.29, 1.82) is 0 Å². The second-order valence-corrected chi connectivity index (χ2v) is 6.51. The monoisotopic (exact) mass is 243 g/mol. The van der Waals surface area contributed by atoms with Crippen molar-refractivity contribution in [3.63, 3.8) is 0 Å². The zero-order valence-corrected chi connectivity index (χ0v) is 11.4. The minimum Gasteiger partial charge on any atom is -0.459 e. The maximum atomic E-state index is 6.19. The molecule has 2 nitrogen and oxygen atoms in total. The molecule has 1 aliphatic carbocycles. The lowest BCUT2D eigenvalue weighted by atomic mass is 9.86. The number of nitrogens with two attached hydrogens (primary N) is 1. The van der Waals surface area contributed by atoms with Crippen molar-refractivity contribution < 1.29 is 4.42 Å². The lowest BCUT2D eigenvalue weighted by molar-refractivity contribution is 0.467. The first-order valence-electron chi connectivity index (χ1n) is 6.75. The Morgan fingerprint density at radius 1 is 1.22 bits per heavy atom. The summed E-state index contributed by atoms with van der Waals surface area (Å²) < 4.78 is 5.87. The van der Waals surface area contributed by atoms with Gasteiger partial charge < -0.3 is 10.2 Å². The van der Waals surface area contributed by atoms with Crippen molar-refractivity contribution in [3.05, 3.63) is 35.6 Å². The molecule has 1 atom stereocenters. The third-order valence-corrected chi connectivity index (χ3v) is 3.86. The Balaban J connectivity index is 2.01. The van der Waals surface area contributed by atoms with Gasteiger partial charge in [0.05, 0.1) is 6.04 Å². The van der Waals surface area contributed by atoms with E-state index in [4.69, 9.17) is 10.2 Å². The Labute approximate surface area is 108 Å². The van der Waals surface area contributed by atoms with Gasteiger partial charge in [-0.1, -0.05) is 26.8 Å². The molecule has 0 bridgehead atoms. The van der Waals surface area contributed by atoms with Crippen LogP contribution in [0.1, 0.15) is 51.0 Å². The number of benzene rings is 1. The summed E-state index contributed by atoms with van der Waals surface area (Å²) in [6.07, 6.45) is 2.48. The van der Waals surface area contributed by atoms with Gasteiger partial charge in [0.2, 0.25) is 0 Å². The highest BCUT2D eigenvalue weighted by atomic mass is 16.3. The predicted molar refractivity (Wildman–Crippen MR) is 74.6 cm³/mol. The smallest absolute Gasteiger partial charge is 0.134 e. The number of furan rings is 1. The number of rotatable bonds is 2. The first kappa shape index (κ1) is 11.8. The van der Waals surface area contributed by atoms with Crippen LogP contribution in [0.15, 0.2) is 28.7 Å². The molecular weight excluding hydrogens is 222 g/mol. The Bertz CT molecular complexity index is 572. The fourth-order valence-electron chi connectivity index (χ4n) is 2.38. The predicted octanol–water partition coefficient (Wildman–Crippen LogP) is 4.14. The minimum absolute atomic E-state index is 0.0792. The standard InChI is InChI=1S/C16H21NO/c1-16(2,3)12-6-7-13-11(8-12)9-14(18-13)15(17)10-4-5-10/h6-10,15H,4-5,17H2,1-3H3. The summed E-state index contributed by atoms with van der Waals surface area (Å²) in [5.41, 5.74) is 8.65. The van der Waals surface area contributed by atoms with E-state index in [9.17, 15) is 0 Å². The molecule has 1 saturated carbocycles. The maximum Gasteiger partial charge on any atom is 0.134 e. The summed E-state index contributed by atoms with van der Waals surface area (Å²) in [5, 5.41) is 1.17. The molecule has 1 fully saturated rings. The number of hydrogen-bond donors (Lipinski definition) is 1. The summed E-state index contributed by atoms with van der Waals surface area (Å²) in [6, 6.07) is 8.64. The SMILES string of the molecule is CC(C)(C)c1ccc2oc(C(N)C3CC3)cc2c1. The van der Waals surface area contributed by atoms with E-state index in [2.05, 4.69) is 45.0 Å². The average Bonchev–Trinajstić information content (AvgIpc) is 3.05. The van der Waals surface area contributed by atoms with E-state index < -0.39 is 0 Å². The number of hydrogen-bond acceptors (Lipinski definition) is 2. The van der Waals surface area contributed by atoms with Crippen LogP contribution in [0, 0.1) is 5.92 Å². The second kappa shape index (κ2) is 3.86. The van der Waals surface area contributed by atoms with Crippen LogP contribution in [0.5, 0.6) is 0 Å². The molecule has 0 amide bonds. The van der Waals surface area contributed by atoms with Crippen molar-refractivity contribution in [3.8, 4) is 0 Å². The van der Waals surface area contributed by atoms with Crippen LogP contribution < -0.4 is 5.73 Å². The summed E-state index contributed by atoms with van der Waals surface area (Å²) in [4.78, 5) is 0. The molecule has 2 aromatic rings. The molecule has 1 aromatic heterocycles. The van der Waals surface area contributed by atoms with Gasteiger partial charge in [-0.15, -0.1) is 0 Å². The van der Waals surface area contributed by atoms with Crippen molar-refractivity contribution in [2.45, 2.75) is 45.1 Å². The van der Waals surface area contributed by atoms with Gasteiger partial charge in [0, 0.05) is 5.39 Å². The van der Waals surface area contributed by atoms with Gasteiger partial charge in [-0.2, -0.15) is 0 Å². The number of fused-ring (bicyclic) bond motifs is 1. The molecule has 18 heavy (non-hydrogen) atoms. The molecule has 3 rings (SSSR count). The molecule has 0 saturated heterocycles. The van der Waals surface area contributed by atoms with Crippen molar-refractivity contribution >= 4 is 11.0 Å².